The van der Waals surface area contributed by atoms with E-state index in [1.54, 1.807) is 24.3 Å². The first kappa shape index (κ1) is 48.0. The van der Waals surface area contributed by atoms with Crippen LogP contribution >= 0.6 is 0 Å². The molecule has 1 unspecified atom stereocenters. The number of allylic oxidation sites excluding steroid dienone is 10. The molecule has 0 amide bonds. The number of nitrogens with two attached hydrogens (primary N) is 1. The van der Waals surface area contributed by atoms with Gasteiger partial charge in [0, 0.05) is 18.5 Å². The molecule has 1 aromatic rings. The molecule has 0 aliphatic rings. The molecule has 1 atom stereocenters. The summed E-state index contributed by atoms with van der Waals surface area (Å²) in [5, 5.41) is 0. The smallest absolute Gasteiger partial charge is 0.462 e. The zero-order valence-corrected chi connectivity index (χ0v) is 33.6. The maximum atomic E-state index is 12.5. The third-order valence-corrected chi connectivity index (χ3v) is 8.57. The number of esters is 2. The minimum Gasteiger partial charge on any atom is -0.462 e. The molecule has 0 aliphatic heterocycles. The normalized spacial score (nSPS) is 12.4. The molecule has 0 saturated heterocycles. The predicted octanol–water partition coefficient (Wildman–Crippen LogP) is 12.6. The lowest BCUT2D eigenvalue weighted by atomic mass is 10.1. The number of unbranched alkanes of at least 4 members (excludes halogenated alkanes) is 13. The second kappa shape index (κ2) is 35.9. The molecule has 0 spiro atoms. The Morgan fingerprint density at radius 3 is 1.46 bits per heavy atom. The van der Waals surface area contributed by atoms with Crippen LogP contribution in [0.1, 0.15) is 155 Å². The predicted molar refractivity (Wildman–Crippen MR) is 222 cm³/mol. The van der Waals surface area contributed by atoms with E-state index in [1.165, 1.54) is 25.7 Å². The quantitative estimate of drug-likeness (QED) is 0.0189. The van der Waals surface area contributed by atoms with E-state index in [9.17, 15) is 14.4 Å². The number of rotatable bonds is 33. The van der Waals surface area contributed by atoms with Crippen LogP contribution in [-0.2, 0) is 23.8 Å². The van der Waals surface area contributed by atoms with Gasteiger partial charge in [-0.3, -0.25) is 9.59 Å². The van der Waals surface area contributed by atoms with Crippen molar-refractivity contribution in [1.29, 1.82) is 0 Å². The minimum absolute atomic E-state index is 0.232. The van der Waals surface area contributed by atoms with Gasteiger partial charge in [0.05, 0.1) is 0 Å². The van der Waals surface area contributed by atoms with Crippen molar-refractivity contribution < 1.29 is 33.3 Å². The van der Waals surface area contributed by atoms with E-state index >= 15 is 0 Å². The largest absolute Gasteiger partial charge is 0.514 e. The Morgan fingerprint density at radius 2 is 0.981 bits per heavy atom. The van der Waals surface area contributed by atoms with E-state index < -0.39 is 12.3 Å². The average Bonchev–Trinajstić information content (AvgIpc) is 3.16. The van der Waals surface area contributed by atoms with Crippen LogP contribution in [0.2, 0.25) is 0 Å². The van der Waals surface area contributed by atoms with Crippen molar-refractivity contribution in [3.63, 3.8) is 0 Å². The number of benzene rings is 1. The number of anilines is 1. The molecular weight excluding hydrogens is 679 g/mol. The number of hydrogen-bond acceptors (Lipinski definition) is 8. The van der Waals surface area contributed by atoms with E-state index in [0.717, 1.165) is 103 Å². The van der Waals surface area contributed by atoms with E-state index in [2.05, 4.69) is 74.6 Å². The highest BCUT2D eigenvalue weighted by Crippen LogP contribution is 2.15. The lowest BCUT2D eigenvalue weighted by Gasteiger charge is -2.18. The summed E-state index contributed by atoms with van der Waals surface area (Å²) >= 11 is 0. The highest BCUT2D eigenvalue weighted by atomic mass is 16.7. The lowest BCUT2D eigenvalue weighted by molar-refractivity contribution is -0.153. The summed E-state index contributed by atoms with van der Waals surface area (Å²) in [6, 6.07) is 6.28. The molecule has 54 heavy (non-hydrogen) atoms. The number of carbonyl (C=O) groups excluding carboxylic acids is 3. The molecule has 0 fully saturated rings. The number of carbonyl (C=O) groups is 3. The summed E-state index contributed by atoms with van der Waals surface area (Å²) < 4.78 is 21.4. The summed E-state index contributed by atoms with van der Waals surface area (Å²) in [6.45, 7) is 3.90. The molecule has 0 bridgehead atoms. The zero-order valence-electron chi connectivity index (χ0n) is 33.6. The van der Waals surface area contributed by atoms with Crippen LogP contribution in [0.4, 0.5) is 10.5 Å². The lowest BCUT2D eigenvalue weighted by Crippen LogP contribution is -2.32. The topological polar surface area (TPSA) is 114 Å². The molecule has 8 heteroatoms. The highest BCUT2D eigenvalue weighted by molar-refractivity contribution is 5.70. The SMILES string of the molecule is CC/C=C\C/C=C\C/C=C\CCCCCCCC(=O)OCC(COC(=O)CCCCCCC/C=C\C/C=C\CCCCC)OC(=O)Oc1ccc(N)cc1. The number of hydrogen-bond donors (Lipinski definition) is 1. The van der Waals surface area contributed by atoms with Gasteiger partial charge in [-0.05, 0) is 101 Å². The van der Waals surface area contributed by atoms with Crippen LogP contribution < -0.4 is 10.5 Å². The van der Waals surface area contributed by atoms with Gasteiger partial charge in [-0.1, -0.05) is 126 Å². The number of ether oxygens (including phenoxy) is 4. The van der Waals surface area contributed by atoms with Crippen molar-refractivity contribution in [3.8, 4) is 5.75 Å². The van der Waals surface area contributed by atoms with Crippen LogP contribution in [0.5, 0.6) is 5.75 Å². The van der Waals surface area contributed by atoms with Gasteiger partial charge in [0.25, 0.3) is 0 Å². The van der Waals surface area contributed by atoms with Gasteiger partial charge in [0.2, 0.25) is 0 Å². The van der Waals surface area contributed by atoms with E-state index in [1.807, 2.05) is 0 Å². The molecule has 2 N–H and O–H groups in total. The van der Waals surface area contributed by atoms with Crippen molar-refractivity contribution in [2.45, 2.75) is 161 Å². The molecule has 0 aliphatic carbocycles. The third kappa shape index (κ3) is 31.5. The zero-order chi connectivity index (χ0) is 39.2. The van der Waals surface area contributed by atoms with Crippen LogP contribution in [0.25, 0.3) is 0 Å². The van der Waals surface area contributed by atoms with Crippen LogP contribution in [-0.4, -0.2) is 37.4 Å². The highest BCUT2D eigenvalue weighted by Gasteiger charge is 2.21. The maximum Gasteiger partial charge on any atom is 0.514 e. The Balaban J connectivity index is 2.30. The summed E-state index contributed by atoms with van der Waals surface area (Å²) in [7, 11) is 0. The summed E-state index contributed by atoms with van der Waals surface area (Å²) in [6.07, 6.45) is 41.9. The van der Waals surface area contributed by atoms with E-state index in [4.69, 9.17) is 24.7 Å². The number of nitrogen functional groups attached to an aromatic ring is 1. The summed E-state index contributed by atoms with van der Waals surface area (Å²) in [5.41, 5.74) is 6.23. The van der Waals surface area contributed by atoms with E-state index in [-0.39, 0.29) is 43.7 Å². The fraction of sp³-hybridized carbons (Fsp3) is 0.587. The van der Waals surface area contributed by atoms with Gasteiger partial charge in [-0.15, -0.1) is 0 Å². The second-order valence-corrected chi connectivity index (χ2v) is 13.6. The van der Waals surface area contributed by atoms with Crippen LogP contribution in [0.3, 0.4) is 0 Å². The molecule has 0 aromatic heterocycles. The molecule has 0 radical (unpaired) electrons. The Hall–Kier alpha value is -4.07. The molecule has 8 nitrogen and oxygen atoms in total. The first-order valence-electron chi connectivity index (χ1n) is 20.7. The van der Waals surface area contributed by atoms with Gasteiger partial charge >= 0.3 is 18.1 Å². The first-order chi connectivity index (χ1) is 26.4. The van der Waals surface area contributed by atoms with E-state index in [0.29, 0.717) is 5.69 Å². The van der Waals surface area contributed by atoms with Gasteiger partial charge in [-0.2, -0.15) is 0 Å². The standard InChI is InChI=1S/C46H71NO7/c1-3-5-7-9-11-13-15-17-19-21-23-25-27-29-31-33-44(48)51-39-43(54-46(50)53-42-37-35-41(47)36-38-42)40-52-45(49)34-32-30-28-26-24-22-20-18-16-14-12-10-8-6-4-2/h5,7,11-14,17-20,35-38,43H,3-4,6,8-10,15-16,21-34,39-40,47H2,1-2H3/b7-5-,13-11-,14-12-,19-17-,20-18-. The Kier molecular flexibility index (Phi) is 31.9. The Morgan fingerprint density at radius 1 is 0.556 bits per heavy atom. The maximum absolute atomic E-state index is 12.5. The average molecular weight is 750 g/mol. The van der Waals surface area contributed by atoms with Crippen LogP contribution in [0.15, 0.2) is 85.0 Å². The minimum atomic E-state index is -0.995. The summed E-state index contributed by atoms with van der Waals surface area (Å²) in [5.74, 6) is -0.508. The van der Waals surface area contributed by atoms with Crippen LogP contribution in [0, 0.1) is 0 Å². The van der Waals surface area contributed by atoms with Gasteiger partial charge in [0.1, 0.15) is 19.0 Å². The third-order valence-electron chi connectivity index (χ3n) is 8.57. The van der Waals surface area contributed by atoms with Gasteiger partial charge < -0.3 is 24.7 Å². The van der Waals surface area contributed by atoms with Crippen molar-refractivity contribution in [2.75, 3.05) is 18.9 Å². The molecule has 1 aromatic carbocycles. The molecular formula is C46H71NO7. The van der Waals surface area contributed by atoms with Crippen molar-refractivity contribution >= 4 is 23.8 Å². The van der Waals surface area contributed by atoms with Gasteiger partial charge in [0.15, 0.2) is 6.10 Å². The molecule has 0 heterocycles. The summed E-state index contributed by atoms with van der Waals surface area (Å²) in [4.78, 5) is 37.4. The fourth-order valence-electron chi connectivity index (χ4n) is 5.39. The molecule has 0 saturated carbocycles. The fourth-order valence-corrected chi connectivity index (χ4v) is 5.39. The Bertz CT molecular complexity index is 1230. The molecule has 302 valence electrons. The monoisotopic (exact) mass is 750 g/mol. The van der Waals surface area contributed by atoms with Crippen molar-refractivity contribution in [2.24, 2.45) is 0 Å². The second-order valence-electron chi connectivity index (χ2n) is 13.6. The molecule has 1 rings (SSSR count). The Labute approximate surface area is 327 Å². The van der Waals surface area contributed by atoms with Gasteiger partial charge in [-0.25, -0.2) is 4.79 Å². The van der Waals surface area contributed by atoms with Crippen molar-refractivity contribution in [3.05, 3.63) is 85.0 Å². The van der Waals surface area contributed by atoms with Crippen molar-refractivity contribution in [1.82, 2.24) is 0 Å². The first-order valence-corrected chi connectivity index (χ1v) is 20.7.